The van der Waals surface area contributed by atoms with Crippen LogP contribution in [0.15, 0.2) is 47.5 Å². The van der Waals surface area contributed by atoms with E-state index in [1.165, 1.54) is 0 Å². The van der Waals surface area contributed by atoms with Gasteiger partial charge in [0, 0.05) is 5.56 Å². The molecule has 0 bridgehead atoms. The van der Waals surface area contributed by atoms with Gasteiger partial charge in [-0.15, -0.1) is 0 Å². The van der Waals surface area contributed by atoms with Gasteiger partial charge in [-0.1, -0.05) is 37.3 Å². The van der Waals surface area contributed by atoms with Crippen molar-refractivity contribution >= 4 is 11.5 Å². The lowest BCUT2D eigenvalue weighted by molar-refractivity contribution is 0.315. The summed E-state index contributed by atoms with van der Waals surface area (Å²) in [5.41, 5.74) is 9.86. The van der Waals surface area contributed by atoms with E-state index in [9.17, 15) is 0 Å². The number of benzene rings is 2. The van der Waals surface area contributed by atoms with E-state index in [4.69, 9.17) is 10.5 Å². The predicted octanol–water partition coefficient (Wildman–Crippen LogP) is 4.46. The zero-order valence-corrected chi connectivity index (χ0v) is 12.9. The van der Waals surface area contributed by atoms with Crippen molar-refractivity contribution in [2.45, 2.75) is 27.2 Å². The maximum absolute atomic E-state index is 5.83. The summed E-state index contributed by atoms with van der Waals surface area (Å²) in [5.74, 6) is 1.46. The molecule has 3 nitrogen and oxygen atoms in total. The molecule has 0 aromatic heterocycles. The minimum absolute atomic E-state index is 0.550. The number of amidine groups is 1. The molecule has 0 spiro atoms. The fourth-order valence-electron chi connectivity index (χ4n) is 2.17. The summed E-state index contributed by atoms with van der Waals surface area (Å²) in [7, 11) is 0. The lowest BCUT2D eigenvalue weighted by Gasteiger charge is -2.13. The van der Waals surface area contributed by atoms with Crippen molar-refractivity contribution in [1.29, 1.82) is 0 Å². The number of ether oxygens (including phenoxy) is 1. The van der Waals surface area contributed by atoms with Gasteiger partial charge in [-0.3, -0.25) is 0 Å². The van der Waals surface area contributed by atoms with Gasteiger partial charge in [0.05, 0.1) is 18.1 Å². The first-order valence-corrected chi connectivity index (χ1v) is 7.25. The Morgan fingerprint density at radius 1 is 1.19 bits per heavy atom. The Hall–Kier alpha value is -2.29. The maximum atomic E-state index is 5.83. The fourth-order valence-corrected chi connectivity index (χ4v) is 2.17. The monoisotopic (exact) mass is 282 g/mol. The maximum Gasteiger partial charge on any atom is 0.122 e. The van der Waals surface area contributed by atoms with Gasteiger partial charge < -0.3 is 10.5 Å². The van der Waals surface area contributed by atoms with Crippen molar-refractivity contribution in [1.82, 2.24) is 0 Å². The highest BCUT2D eigenvalue weighted by molar-refractivity contribution is 5.86. The smallest absolute Gasteiger partial charge is 0.122 e. The van der Waals surface area contributed by atoms with E-state index in [2.05, 4.69) is 30.1 Å². The molecule has 110 valence electrons. The van der Waals surface area contributed by atoms with E-state index in [1.807, 2.05) is 31.2 Å². The van der Waals surface area contributed by atoms with Crippen LogP contribution in [0.1, 0.15) is 25.8 Å². The largest absolute Gasteiger partial charge is 0.493 e. The van der Waals surface area contributed by atoms with Crippen molar-refractivity contribution in [3.8, 4) is 16.9 Å². The molecule has 2 aromatic carbocycles. The average Bonchev–Trinajstić information content (AvgIpc) is 2.47. The molecule has 0 amide bonds. The van der Waals surface area contributed by atoms with E-state index >= 15 is 0 Å². The van der Waals surface area contributed by atoms with Gasteiger partial charge >= 0.3 is 0 Å². The molecule has 2 rings (SSSR count). The lowest BCUT2D eigenvalue weighted by Crippen LogP contribution is -2.04. The predicted molar refractivity (Wildman–Crippen MR) is 89.4 cm³/mol. The molecule has 2 N–H and O–H groups in total. The number of nitrogens with zero attached hydrogens (tertiary/aromatic N) is 1. The average molecular weight is 282 g/mol. The molecule has 3 heteroatoms. The molecular formula is C18H22N2O. The van der Waals surface area contributed by atoms with Gasteiger partial charge in [-0.2, -0.15) is 0 Å². The Balaban J connectivity index is 2.55. The normalized spacial score (nSPS) is 11.5. The van der Waals surface area contributed by atoms with Gasteiger partial charge in [-0.25, -0.2) is 4.99 Å². The van der Waals surface area contributed by atoms with Crippen LogP contribution in [0.4, 0.5) is 5.69 Å². The first-order chi connectivity index (χ1) is 10.1. The van der Waals surface area contributed by atoms with Gasteiger partial charge in [0.25, 0.3) is 0 Å². The number of hydrogen-bond donors (Lipinski definition) is 1. The van der Waals surface area contributed by atoms with Crippen LogP contribution < -0.4 is 10.5 Å². The van der Waals surface area contributed by atoms with E-state index in [0.29, 0.717) is 12.4 Å². The summed E-state index contributed by atoms with van der Waals surface area (Å²) in [5, 5.41) is 0. The number of rotatable bonds is 5. The molecular weight excluding hydrogens is 260 g/mol. The zero-order chi connectivity index (χ0) is 15.2. The molecule has 0 radical (unpaired) electrons. The molecule has 0 aliphatic rings. The molecule has 0 atom stereocenters. The van der Waals surface area contributed by atoms with Crippen molar-refractivity contribution < 1.29 is 4.74 Å². The lowest BCUT2D eigenvalue weighted by atomic mass is 10.0. The summed E-state index contributed by atoms with van der Waals surface area (Å²) in [6.07, 6.45) is 0.988. The van der Waals surface area contributed by atoms with Crippen LogP contribution in [0.2, 0.25) is 0 Å². The molecule has 2 aromatic rings. The van der Waals surface area contributed by atoms with Crippen LogP contribution in [-0.4, -0.2) is 12.4 Å². The zero-order valence-electron chi connectivity index (χ0n) is 12.9. The molecule has 0 saturated heterocycles. The van der Waals surface area contributed by atoms with E-state index in [-0.39, 0.29) is 0 Å². The van der Waals surface area contributed by atoms with Crippen LogP contribution in [-0.2, 0) is 0 Å². The Kier molecular flexibility index (Phi) is 4.99. The molecule has 0 aliphatic heterocycles. The minimum atomic E-state index is 0.550. The highest BCUT2D eigenvalue weighted by Crippen LogP contribution is 2.36. The summed E-state index contributed by atoms with van der Waals surface area (Å²) in [6, 6.07) is 14.3. The topological polar surface area (TPSA) is 47.6 Å². The summed E-state index contributed by atoms with van der Waals surface area (Å²) < 4.78 is 5.83. The molecule has 21 heavy (non-hydrogen) atoms. The quantitative estimate of drug-likeness (QED) is 0.650. The van der Waals surface area contributed by atoms with Crippen LogP contribution in [0.5, 0.6) is 5.75 Å². The Morgan fingerprint density at radius 3 is 2.52 bits per heavy atom. The third kappa shape index (κ3) is 3.85. The third-order valence-corrected chi connectivity index (χ3v) is 3.14. The molecule has 0 fully saturated rings. The summed E-state index contributed by atoms with van der Waals surface area (Å²) >= 11 is 0. The van der Waals surface area contributed by atoms with E-state index < -0.39 is 0 Å². The first kappa shape index (κ1) is 15.1. The second kappa shape index (κ2) is 6.93. The van der Waals surface area contributed by atoms with Crippen molar-refractivity contribution in [3.63, 3.8) is 0 Å². The number of aryl methyl sites for hydroxylation is 1. The van der Waals surface area contributed by atoms with Gasteiger partial charge in [0.2, 0.25) is 0 Å². The number of aliphatic imine (C=N–C) groups is 1. The Bertz CT molecular complexity index is 629. The molecule has 0 unspecified atom stereocenters. The molecule has 0 heterocycles. The first-order valence-electron chi connectivity index (χ1n) is 7.25. The fraction of sp³-hybridized carbons (Fsp3) is 0.278. The van der Waals surface area contributed by atoms with Crippen LogP contribution in [0.3, 0.4) is 0 Å². The standard InChI is InChI=1S/C18H22N2O/c1-4-10-21-18-12-16(15-8-6-5-7-9-15)17(11-13(18)2)20-14(3)19/h5-9,11-12H,4,10H2,1-3H3,(H2,19,20). The highest BCUT2D eigenvalue weighted by atomic mass is 16.5. The highest BCUT2D eigenvalue weighted by Gasteiger charge is 2.10. The summed E-state index contributed by atoms with van der Waals surface area (Å²) in [4.78, 5) is 4.46. The van der Waals surface area contributed by atoms with Gasteiger partial charge in [0.1, 0.15) is 5.75 Å². The van der Waals surface area contributed by atoms with Crippen LogP contribution >= 0.6 is 0 Å². The SMILES string of the molecule is CCCOc1cc(-c2ccccc2)c(N=C(C)N)cc1C. The Labute approximate surface area is 126 Å². The Morgan fingerprint density at radius 2 is 1.90 bits per heavy atom. The van der Waals surface area contributed by atoms with Gasteiger partial charge in [-0.05, 0) is 43.5 Å². The summed E-state index contributed by atoms with van der Waals surface area (Å²) in [6.45, 7) is 6.65. The van der Waals surface area contributed by atoms with Gasteiger partial charge in [0.15, 0.2) is 0 Å². The number of hydrogen-bond acceptors (Lipinski definition) is 2. The van der Waals surface area contributed by atoms with Crippen molar-refractivity contribution in [2.75, 3.05) is 6.61 Å². The van der Waals surface area contributed by atoms with E-state index in [0.717, 1.165) is 34.5 Å². The second-order valence-electron chi connectivity index (χ2n) is 5.10. The molecule has 0 aliphatic carbocycles. The van der Waals surface area contributed by atoms with E-state index in [1.54, 1.807) is 6.92 Å². The van der Waals surface area contributed by atoms with Crippen molar-refractivity contribution in [3.05, 3.63) is 48.0 Å². The molecule has 0 saturated carbocycles. The van der Waals surface area contributed by atoms with Crippen LogP contribution in [0.25, 0.3) is 11.1 Å². The van der Waals surface area contributed by atoms with Crippen LogP contribution in [0, 0.1) is 6.92 Å². The minimum Gasteiger partial charge on any atom is -0.493 e. The van der Waals surface area contributed by atoms with Crippen molar-refractivity contribution in [2.24, 2.45) is 10.7 Å². The second-order valence-corrected chi connectivity index (χ2v) is 5.10. The number of nitrogens with two attached hydrogens (primary N) is 1. The third-order valence-electron chi connectivity index (χ3n) is 3.14.